The Hall–Kier alpha value is -3.66. The number of nitrogens with zero attached hydrogens (tertiary/aromatic N) is 1. The van der Waals surface area contributed by atoms with Crippen LogP contribution in [0.5, 0.6) is 0 Å². The molecule has 0 aromatic carbocycles. The zero-order chi connectivity index (χ0) is 25.8. The van der Waals surface area contributed by atoms with E-state index in [1.807, 2.05) is 0 Å². The van der Waals surface area contributed by atoms with Gasteiger partial charge >= 0.3 is 5.97 Å². The van der Waals surface area contributed by atoms with Crippen molar-refractivity contribution >= 4 is 48.1 Å². The minimum atomic E-state index is -1.42. The number of carbonyl (C=O) groups is 6. The van der Waals surface area contributed by atoms with Crippen molar-refractivity contribution in [3.63, 3.8) is 0 Å². The number of imidazole rings is 1. The topological polar surface area (TPSA) is 265 Å². The summed E-state index contributed by atoms with van der Waals surface area (Å²) in [5, 5.41) is 16.2. The van der Waals surface area contributed by atoms with Gasteiger partial charge in [-0.3, -0.25) is 24.0 Å². The molecule has 4 atom stereocenters. The van der Waals surface area contributed by atoms with Gasteiger partial charge in [-0.25, -0.2) is 9.78 Å². The van der Waals surface area contributed by atoms with Crippen molar-refractivity contribution in [2.24, 2.45) is 17.2 Å². The highest BCUT2D eigenvalue weighted by Gasteiger charge is 2.30. The van der Waals surface area contributed by atoms with Gasteiger partial charge in [-0.2, -0.15) is 12.6 Å². The van der Waals surface area contributed by atoms with Crippen molar-refractivity contribution < 1.29 is 33.9 Å². The van der Waals surface area contributed by atoms with Crippen molar-refractivity contribution in [1.29, 1.82) is 0 Å². The number of primary amides is 2. The highest BCUT2D eigenvalue weighted by molar-refractivity contribution is 7.80. The van der Waals surface area contributed by atoms with Gasteiger partial charge in [0.05, 0.1) is 18.8 Å². The molecule has 0 fully saturated rings. The molecule has 0 aliphatic rings. The number of aliphatic carboxylic acids is 1. The maximum absolute atomic E-state index is 12.9. The first kappa shape index (κ1) is 28.4. The number of rotatable bonds is 15. The molecule has 16 heteroatoms. The van der Waals surface area contributed by atoms with E-state index in [4.69, 9.17) is 17.2 Å². The van der Waals surface area contributed by atoms with Crippen molar-refractivity contribution in [1.82, 2.24) is 25.9 Å². The van der Waals surface area contributed by atoms with E-state index in [0.29, 0.717) is 5.69 Å². The van der Waals surface area contributed by atoms with E-state index in [1.165, 1.54) is 12.5 Å². The van der Waals surface area contributed by atoms with E-state index in [1.54, 1.807) is 0 Å². The van der Waals surface area contributed by atoms with Gasteiger partial charge in [0.15, 0.2) is 0 Å². The highest BCUT2D eigenvalue weighted by Crippen LogP contribution is 2.03. The normalized spacial score (nSPS) is 14.2. The number of aromatic amines is 1. The smallest absolute Gasteiger partial charge is 0.326 e. The minimum Gasteiger partial charge on any atom is -0.480 e. The summed E-state index contributed by atoms with van der Waals surface area (Å²) >= 11 is 4.01. The van der Waals surface area contributed by atoms with E-state index in [9.17, 15) is 33.9 Å². The summed E-state index contributed by atoms with van der Waals surface area (Å²) < 4.78 is 0. The van der Waals surface area contributed by atoms with Crippen molar-refractivity contribution in [2.75, 3.05) is 5.75 Å². The SMILES string of the molecule is NC(=O)CCC(NC(=O)C(CS)NC(=O)C(Cc1cnc[nH]1)NC(=O)C(N)CC(N)=O)C(=O)O. The third-order valence-electron chi connectivity index (χ3n) is 4.48. The average molecular weight is 501 g/mol. The first-order chi connectivity index (χ1) is 15.9. The Morgan fingerprint density at radius 2 is 1.56 bits per heavy atom. The number of nitrogens with two attached hydrogens (primary N) is 3. The molecule has 0 aliphatic heterocycles. The molecule has 1 aromatic heterocycles. The number of carboxylic acid groups (broad SMARTS) is 1. The van der Waals surface area contributed by atoms with E-state index in [0.717, 1.165) is 0 Å². The molecule has 188 valence electrons. The number of thiol groups is 1. The van der Waals surface area contributed by atoms with Gasteiger partial charge in [-0.1, -0.05) is 0 Å². The Morgan fingerprint density at radius 1 is 0.971 bits per heavy atom. The fourth-order valence-corrected chi connectivity index (χ4v) is 2.95. The monoisotopic (exact) mass is 500 g/mol. The largest absolute Gasteiger partial charge is 0.480 e. The fourth-order valence-electron chi connectivity index (χ4n) is 2.70. The zero-order valence-corrected chi connectivity index (χ0v) is 18.9. The Kier molecular flexibility index (Phi) is 11.5. The minimum absolute atomic E-state index is 0.0713. The maximum atomic E-state index is 12.9. The molecule has 0 spiro atoms. The lowest BCUT2D eigenvalue weighted by Crippen LogP contribution is -2.58. The van der Waals surface area contributed by atoms with Crippen LogP contribution in [0.4, 0.5) is 0 Å². The predicted octanol–water partition coefficient (Wildman–Crippen LogP) is -4.11. The number of amides is 5. The predicted molar refractivity (Wildman–Crippen MR) is 120 cm³/mol. The Bertz CT molecular complexity index is 895. The second kappa shape index (κ2) is 13.8. The van der Waals surface area contributed by atoms with E-state index in [2.05, 4.69) is 38.5 Å². The molecule has 4 unspecified atom stereocenters. The summed E-state index contributed by atoms with van der Waals surface area (Å²) in [5.74, 6) is -5.69. The molecule has 1 heterocycles. The molecule has 11 N–H and O–H groups in total. The van der Waals surface area contributed by atoms with E-state index >= 15 is 0 Å². The second-order valence-electron chi connectivity index (χ2n) is 7.27. The van der Waals surface area contributed by atoms with Gasteiger partial charge in [0, 0.05) is 30.5 Å². The van der Waals surface area contributed by atoms with Crippen LogP contribution in [-0.4, -0.2) is 80.5 Å². The van der Waals surface area contributed by atoms with Crippen molar-refractivity contribution in [3.8, 4) is 0 Å². The molecule has 0 saturated carbocycles. The first-order valence-electron chi connectivity index (χ1n) is 9.98. The summed E-state index contributed by atoms with van der Waals surface area (Å²) in [6.45, 7) is 0. The lowest BCUT2D eigenvalue weighted by Gasteiger charge is -2.24. The Labute approximate surface area is 199 Å². The third-order valence-corrected chi connectivity index (χ3v) is 4.84. The van der Waals surface area contributed by atoms with Gasteiger partial charge in [-0.15, -0.1) is 0 Å². The molecule has 0 radical (unpaired) electrons. The quantitative estimate of drug-likeness (QED) is 0.106. The first-order valence-corrected chi connectivity index (χ1v) is 10.6. The summed E-state index contributed by atoms with van der Waals surface area (Å²) in [5.41, 5.74) is 16.1. The van der Waals surface area contributed by atoms with Crippen LogP contribution in [0.25, 0.3) is 0 Å². The molecule has 0 saturated heterocycles. The lowest BCUT2D eigenvalue weighted by molar-refractivity contribution is -0.142. The van der Waals surface area contributed by atoms with Crippen LogP contribution in [0.3, 0.4) is 0 Å². The van der Waals surface area contributed by atoms with Crippen LogP contribution in [-0.2, 0) is 35.2 Å². The third kappa shape index (κ3) is 9.86. The molecule has 1 aromatic rings. The van der Waals surface area contributed by atoms with Gasteiger partial charge < -0.3 is 43.2 Å². The fraction of sp³-hybridized carbons (Fsp3) is 0.500. The number of carbonyl (C=O) groups excluding carboxylic acids is 5. The number of aromatic nitrogens is 2. The van der Waals surface area contributed by atoms with Crippen LogP contribution < -0.4 is 33.2 Å². The summed E-state index contributed by atoms with van der Waals surface area (Å²) in [7, 11) is 0. The van der Waals surface area contributed by atoms with Crippen LogP contribution in [0.1, 0.15) is 25.0 Å². The molecule has 1 rings (SSSR count). The zero-order valence-electron chi connectivity index (χ0n) is 18.0. The van der Waals surface area contributed by atoms with Gasteiger partial charge in [0.25, 0.3) is 0 Å². The van der Waals surface area contributed by atoms with Gasteiger partial charge in [0.1, 0.15) is 18.1 Å². The van der Waals surface area contributed by atoms with Crippen molar-refractivity contribution in [3.05, 3.63) is 18.2 Å². The Balaban J connectivity index is 2.92. The molecule has 5 amide bonds. The number of hydrogen-bond donors (Lipinski definition) is 9. The number of carboxylic acids is 1. The summed E-state index contributed by atoms with van der Waals surface area (Å²) in [6.07, 6.45) is 1.71. The number of hydrogen-bond acceptors (Lipinski definition) is 9. The number of H-pyrrole nitrogens is 1. The standard InChI is InChI=1S/C18H28N8O7S/c19-9(4-14(21)28)15(29)25-11(3-8-5-22-7-23-8)16(30)26-12(6-34)17(31)24-10(18(32)33)1-2-13(20)27/h5,7,9-12,34H,1-4,6,19H2,(H2,20,27)(H2,21,28)(H,22,23)(H,24,31)(H,25,29)(H,26,30)(H,32,33). The van der Waals surface area contributed by atoms with Crippen LogP contribution in [0.2, 0.25) is 0 Å². The van der Waals surface area contributed by atoms with Crippen LogP contribution in [0, 0.1) is 0 Å². The molecular weight excluding hydrogens is 472 g/mol. The molecule has 0 bridgehead atoms. The number of nitrogens with one attached hydrogen (secondary N) is 4. The van der Waals surface area contributed by atoms with E-state index < -0.39 is 66.1 Å². The summed E-state index contributed by atoms with van der Waals surface area (Å²) in [6, 6.07) is -5.26. The summed E-state index contributed by atoms with van der Waals surface area (Å²) in [4.78, 5) is 77.6. The maximum Gasteiger partial charge on any atom is 0.326 e. The second-order valence-corrected chi connectivity index (χ2v) is 7.63. The molecular formula is C18H28N8O7S. The van der Waals surface area contributed by atoms with E-state index in [-0.39, 0.29) is 25.0 Å². The van der Waals surface area contributed by atoms with Crippen LogP contribution in [0.15, 0.2) is 12.5 Å². The molecule has 34 heavy (non-hydrogen) atoms. The molecule has 0 aliphatic carbocycles. The van der Waals surface area contributed by atoms with Gasteiger partial charge in [0.2, 0.25) is 29.5 Å². The lowest BCUT2D eigenvalue weighted by atomic mass is 10.1. The van der Waals surface area contributed by atoms with Gasteiger partial charge in [-0.05, 0) is 6.42 Å². The Morgan fingerprint density at radius 3 is 2.06 bits per heavy atom. The highest BCUT2D eigenvalue weighted by atomic mass is 32.1. The molecule has 15 nitrogen and oxygen atoms in total. The average Bonchev–Trinajstić information content (AvgIpc) is 3.26. The van der Waals surface area contributed by atoms with Crippen molar-refractivity contribution in [2.45, 2.75) is 49.9 Å². The van der Waals surface area contributed by atoms with Crippen LogP contribution >= 0.6 is 12.6 Å².